The number of amides is 1. The van der Waals surface area contributed by atoms with Crippen molar-refractivity contribution >= 4 is 18.3 Å². The maximum absolute atomic E-state index is 12.2. The Hall–Kier alpha value is -2.04. The highest BCUT2D eigenvalue weighted by Crippen LogP contribution is 2.16. The number of halogens is 1. The average Bonchev–Trinajstić information content (AvgIpc) is 2.54. The summed E-state index contributed by atoms with van der Waals surface area (Å²) < 4.78 is 5.73. The fourth-order valence-electron chi connectivity index (χ4n) is 1.90. The van der Waals surface area contributed by atoms with E-state index < -0.39 is 5.54 Å². The molecule has 2 rings (SSSR count). The Morgan fingerprint density at radius 2 is 1.83 bits per heavy atom. The zero-order chi connectivity index (χ0) is 16.0. The van der Waals surface area contributed by atoms with Gasteiger partial charge in [0.2, 0.25) is 0 Å². The average molecular weight is 335 g/mol. The standard InChI is InChI=1S/C18H22N2O2.ClH/c1-18(2,13-19)20-17(21)15-9-6-10-16(11-15)22-12-14-7-4-3-5-8-14;/h3-11H,12-13,19H2,1-2H3,(H,20,21);1H. The molecular weight excluding hydrogens is 312 g/mol. The summed E-state index contributed by atoms with van der Waals surface area (Å²) in [6.45, 7) is 4.63. The molecule has 0 fully saturated rings. The number of carbonyl (C=O) groups excluding carboxylic acids is 1. The maximum Gasteiger partial charge on any atom is 0.251 e. The molecule has 1 amide bonds. The first kappa shape index (κ1) is 19.0. The van der Waals surface area contributed by atoms with Crippen LogP contribution in [-0.2, 0) is 6.61 Å². The summed E-state index contributed by atoms with van der Waals surface area (Å²) in [6, 6.07) is 17.1. The van der Waals surface area contributed by atoms with E-state index >= 15 is 0 Å². The van der Waals surface area contributed by atoms with Gasteiger partial charge in [-0.1, -0.05) is 36.4 Å². The molecule has 0 aliphatic carbocycles. The minimum atomic E-state index is -0.433. The fourth-order valence-corrected chi connectivity index (χ4v) is 1.90. The number of hydrogen-bond donors (Lipinski definition) is 2. The Morgan fingerprint density at radius 1 is 1.13 bits per heavy atom. The highest BCUT2D eigenvalue weighted by Gasteiger charge is 2.19. The summed E-state index contributed by atoms with van der Waals surface area (Å²) in [5.41, 5.74) is 6.85. The Labute approximate surface area is 143 Å². The highest BCUT2D eigenvalue weighted by atomic mass is 35.5. The third-order valence-electron chi connectivity index (χ3n) is 3.31. The van der Waals surface area contributed by atoms with Crippen LogP contribution in [0, 0.1) is 0 Å². The molecule has 23 heavy (non-hydrogen) atoms. The summed E-state index contributed by atoms with van der Waals surface area (Å²) in [6.07, 6.45) is 0. The molecule has 3 N–H and O–H groups in total. The lowest BCUT2D eigenvalue weighted by atomic mass is 10.1. The molecule has 2 aromatic rings. The van der Waals surface area contributed by atoms with Gasteiger partial charge in [-0.3, -0.25) is 4.79 Å². The van der Waals surface area contributed by atoms with Crippen molar-refractivity contribution in [2.75, 3.05) is 6.54 Å². The lowest BCUT2D eigenvalue weighted by Crippen LogP contribution is -2.48. The zero-order valence-corrected chi connectivity index (χ0v) is 14.2. The van der Waals surface area contributed by atoms with Crippen molar-refractivity contribution in [1.82, 2.24) is 5.32 Å². The van der Waals surface area contributed by atoms with Crippen molar-refractivity contribution in [3.8, 4) is 5.75 Å². The predicted molar refractivity (Wildman–Crippen MR) is 95.1 cm³/mol. The van der Waals surface area contributed by atoms with Crippen LogP contribution >= 0.6 is 12.4 Å². The summed E-state index contributed by atoms with van der Waals surface area (Å²) in [5, 5.41) is 2.90. The predicted octanol–water partition coefficient (Wildman–Crippen LogP) is 3.15. The first-order valence-corrected chi connectivity index (χ1v) is 7.29. The third-order valence-corrected chi connectivity index (χ3v) is 3.31. The molecule has 0 aliphatic heterocycles. The molecule has 2 aromatic carbocycles. The van der Waals surface area contributed by atoms with Crippen LogP contribution in [0.15, 0.2) is 54.6 Å². The molecule has 0 saturated heterocycles. The quantitative estimate of drug-likeness (QED) is 0.853. The first-order chi connectivity index (χ1) is 10.5. The third kappa shape index (κ3) is 5.93. The van der Waals surface area contributed by atoms with Gasteiger partial charge >= 0.3 is 0 Å². The van der Waals surface area contributed by atoms with Gasteiger partial charge in [0.05, 0.1) is 0 Å². The molecule has 0 unspecified atom stereocenters. The molecule has 0 spiro atoms. The topological polar surface area (TPSA) is 64.3 Å². The van der Waals surface area contributed by atoms with Crippen molar-refractivity contribution in [2.24, 2.45) is 5.73 Å². The second-order valence-corrected chi connectivity index (χ2v) is 5.84. The largest absolute Gasteiger partial charge is 0.489 e. The van der Waals surface area contributed by atoms with Crippen LogP contribution in [-0.4, -0.2) is 18.0 Å². The van der Waals surface area contributed by atoms with E-state index in [0.717, 1.165) is 5.56 Å². The molecule has 5 heteroatoms. The van der Waals surface area contributed by atoms with Crippen LogP contribution in [0.3, 0.4) is 0 Å². The molecule has 0 aromatic heterocycles. The van der Waals surface area contributed by atoms with E-state index in [1.807, 2.05) is 56.3 Å². The fraction of sp³-hybridized carbons (Fsp3) is 0.278. The minimum Gasteiger partial charge on any atom is -0.489 e. The number of hydrogen-bond acceptors (Lipinski definition) is 3. The Morgan fingerprint density at radius 3 is 2.48 bits per heavy atom. The molecule has 0 aliphatic rings. The zero-order valence-electron chi connectivity index (χ0n) is 13.4. The molecule has 124 valence electrons. The van der Waals surface area contributed by atoms with Gasteiger partial charge in [-0.2, -0.15) is 0 Å². The Kier molecular flexibility index (Phi) is 7.07. The van der Waals surface area contributed by atoms with Crippen LogP contribution < -0.4 is 15.8 Å². The maximum atomic E-state index is 12.2. The van der Waals surface area contributed by atoms with Gasteiger partial charge in [-0.25, -0.2) is 0 Å². The number of benzene rings is 2. The van der Waals surface area contributed by atoms with E-state index in [9.17, 15) is 4.79 Å². The van der Waals surface area contributed by atoms with E-state index in [-0.39, 0.29) is 18.3 Å². The number of nitrogens with two attached hydrogens (primary N) is 1. The van der Waals surface area contributed by atoms with Crippen molar-refractivity contribution in [2.45, 2.75) is 26.0 Å². The van der Waals surface area contributed by atoms with E-state index in [2.05, 4.69) is 5.32 Å². The normalized spacial score (nSPS) is 10.6. The van der Waals surface area contributed by atoms with Gasteiger partial charge < -0.3 is 15.8 Å². The number of nitrogens with one attached hydrogen (secondary N) is 1. The summed E-state index contributed by atoms with van der Waals surface area (Å²) >= 11 is 0. The van der Waals surface area contributed by atoms with Crippen LogP contribution in [0.2, 0.25) is 0 Å². The second kappa shape index (κ2) is 8.56. The smallest absolute Gasteiger partial charge is 0.251 e. The lowest BCUT2D eigenvalue weighted by molar-refractivity contribution is 0.0915. The van der Waals surface area contributed by atoms with Crippen LogP contribution in [0.1, 0.15) is 29.8 Å². The van der Waals surface area contributed by atoms with Crippen LogP contribution in [0.4, 0.5) is 0 Å². The number of carbonyl (C=O) groups is 1. The number of ether oxygens (including phenoxy) is 1. The minimum absolute atomic E-state index is 0. The van der Waals surface area contributed by atoms with Crippen molar-refractivity contribution in [3.05, 3.63) is 65.7 Å². The van der Waals surface area contributed by atoms with Crippen LogP contribution in [0.25, 0.3) is 0 Å². The number of rotatable bonds is 6. The van der Waals surface area contributed by atoms with Crippen molar-refractivity contribution in [3.63, 3.8) is 0 Å². The molecule has 0 heterocycles. The highest BCUT2D eigenvalue weighted by molar-refractivity contribution is 5.95. The molecular formula is C18H23ClN2O2. The monoisotopic (exact) mass is 334 g/mol. The molecule has 0 atom stereocenters. The molecule has 4 nitrogen and oxygen atoms in total. The molecule has 0 saturated carbocycles. The molecule has 0 bridgehead atoms. The van der Waals surface area contributed by atoms with Gasteiger partial charge in [0, 0.05) is 17.6 Å². The second-order valence-electron chi connectivity index (χ2n) is 5.84. The first-order valence-electron chi connectivity index (χ1n) is 7.29. The van der Waals surface area contributed by atoms with Crippen molar-refractivity contribution < 1.29 is 9.53 Å². The van der Waals surface area contributed by atoms with Crippen LogP contribution in [0.5, 0.6) is 5.75 Å². The summed E-state index contributed by atoms with van der Waals surface area (Å²) in [7, 11) is 0. The van der Waals surface area contributed by atoms with E-state index in [4.69, 9.17) is 10.5 Å². The Balaban J connectivity index is 0.00000264. The van der Waals surface area contributed by atoms with Gasteiger partial charge in [-0.15, -0.1) is 12.4 Å². The molecule has 0 radical (unpaired) electrons. The van der Waals surface area contributed by atoms with Gasteiger partial charge in [-0.05, 0) is 37.6 Å². The SMILES string of the molecule is CC(C)(CN)NC(=O)c1cccc(OCc2ccccc2)c1.Cl. The van der Waals surface area contributed by atoms with Gasteiger partial charge in [0.1, 0.15) is 12.4 Å². The van der Waals surface area contributed by atoms with E-state index in [0.29, 0.717) is 24.5 Å². The Bertz CT molecular complexity index is 630. The summed E-state index contributed by atoms with van der Waals surface area (Å²) in [5.74, 6) is 0.516. The van der Waals surface area contributed by atoms with Gasteiger partial charge in [0.15, 0.2) is 0 Å². The van der Waals surface area contributed by atoms with Crippen molar-refractivity contribution in [1.29, 1.82) is 0 Å². The summed E-state index contributed by atoms with van der Waals surface area (Å²) in [4.78, 5) is 12.2. The van der Waals surface area contributed by atoms with E-state index in [1.54, 1.807) is 12.1 Å². The lowest BCUT2D eigenvalue weighted by Gasteiger charge is -2.24. The van der Waals surface area contributed by atoms with E-state index in [1.165, 1.54) is 0 Å². The van der Waals surface area contributed by atoms with Gasteiger partial charge in [0.25, 0.3) is 5.91 Å².